The molecule has 2 aromatic rings. The first-order valence-corrected chi connectivity index (χ1v) is 5.82. The number of aryl methyl sites for hydroxylation is 1. The van der Waals surface area contributed by atoms with Crippen LogP contribution in [0, 0.1) is 0 Å². The summed E-state index contributed by atoms with van der Waals surface area (Å²) in [6, 6.07) is 4.77. The minimum atomic E-state index is -1.04. The molecule has 1 aromatic carbocycles. The largest absolute Gasteiger partial charge is 0.478 e. The van der Waals surface area contributed by atoms with E-state index in [-0.39, 0.29) is 10.6 Å². The quantitative estimate of drug-likeness (QED) is 0.926. The molecule has 0 aliphatic rings. The van der Waals surface area contributed by atoms with Crippen molar-refractivity contribution in [2.45, 2.75) is 10.1 Å². The standard InChI is InChI=1S/C10H8ClN3O2S/c1-14-5-12-13-10(14)17-6-2-3-7(9(15)16)8(11)4-6/h2-5H,1H3,(H,15,16). The van der Waals surface area contributed by atoms with Gasteiger partial charge in [-0.3, -0.25) is 0 Å². The number of carbonyl (C=O) groups is 1. The van der Waals surface area contributed by atoms with Gasteiger partial charge < -0.3 is 9.67 Å². The summed E-state index contributed by atoms with van der Waals surface area (Å²) in [5.41, 5.74) is 0.0916. The van der Waals surface area contributed by atoms with Gasteiger partial charge in [0.15, 0.2) is 5.16 Å². The topological polar surface area (TPSA) is 68.0 Å². The van der Waals surface area contributed by atoms with E-state index < -0.39 is 5.97 Å². The molecule has 0 aliphatic heterocycles. The number of aromatic nitrogens is 3. The lowest BCUT2D eigenvalue weighted by atomic mass is 10.2. The maximum atomic E-state index is 10.8. The van der Waals surface area contributed by atoms with Crippen molar-refractivity contribution < 1.29 is 9.90 Å². The van der Waals surface area contributed by atoms with Crippen LogP contribution >= 0.6 is 23.4 Å². The van der Waals surface area contributed by atoms with E-state index in [4.69, 9.17) is 16.7 Å². The van der Waals surface area contributed by atoms with Gasteiger partial charge >= 0.3 is 5.97 Å². The molecule has 2 rings (SSSR count). The van der Waals surface area contributed by atoms with Gasteiger partial charge in [-0.2, -0.15) is 0 Å². The second kappa shape index (κ2) is 4.77. The van der Waals surface area contributed by atoms with Crippen LogP contribution in [0.1, 0.15) is 10.4 Å². The zero-order chi connectivity index (χ0) is 12.4. The van der Waals surface area contributed by atoms with Gasteiger partial charge in [0.2, 0.25) is 0 Å². The lowest BCUT2D eigenvalue weighted by Gasteiger charge is -2.03. The van der Waals surface area contributed by atoms with E-state index in [2.05, 4.69) is 10.2 Å². The number of hydrogen-bond acceptors (Lipinski definition) is 4. The fourth-order valence-corrected chi connectivity index (χ4v) is 2.33. The molecule has 7 heteroatoms. The van der Waals surface area contributed by atoms with Crippen LogP contribution in [0.25, 0.3) is 0 Å². The molecule has 1 heterocycles. The van der Waals surface area contributed by atoms with Gasteiger partial charge in [0.05, 0.1) is 10.6 Å². The molecule has 1 aromatic heterocycles. The van der Waals surface area contributed by atoms with Crippen LogP contribution in [0.4, 0.5) is 0 Å². The highest BCUT2D eigenvalue weighted by atomic mass is 35.5. The minimum absolute atomic E-state index is 0.0916. The summed E-state index contributed by atoms with van der Waals surface area (Å²) in [5.74, 6) is -1.04. The van der Waals surface area contributed by atoms with Gasteiger partial charge in [-0.25, -0.2) is 4.79 Å². The van der Waals surface area contributed by atoms with Gasteiger partial charge in [0.25, 0.3) is 0 Å². The van der Waals surface area contributed by atoms with Gasteiger partial charge in [-0.15, -0.1) is 10.2 Å². The predicted octanol–water partition coefficient (Wildman–Crippen LogP) is 2.32. The maximum absolute atomic E-state index is 10.8. The van der Waals surface area contributed by atoms with Crippen molar-refractivity contribution in [3.05, 3.63) is 35.1 Å². The lowest BCUT2D eigenvalue weighted by Crippen LogP contribution is -1.97. The highest BCUT2D eigenvalue weighted by molar-refractivity contribution is 7.99. The lowest BCUT2D eigenvalue weighted by molar-refractivity contribution is 0.0697. The third-order valence-electron chi connectivity index (χ3n) is 2.05. The van der Waals surface area contributed by atoms with Gasteiger partial charge in [0.1, 0.15) is 6.33 Å². The molecule has 17 heavy (non-hydrogen) atoms. The Balaban J connectivity index is 2.27. The first kappa shape index (κ1) is 11.9. The van der Waals surface area contributed by atoms with Crippen molar-refractivity contribution in [1.29, 1.82) is 0 Å². The third kappa shape index (κ3) is 2.59. The number of rotatable bonds is 3. The summed E-state index contributed by atoms with van der Waals surface area (Å²) in [5, 5.41) is 17.4. The SMILES string of the molecule is Cn1cnnc1Sc1ccc(C(=O)O)c(Cl)c1. The predicted molar refractivity (Wildman–Crippen MR) is 63.5 cm³/mol. The Hall–Kier alpha value is -1.53. The molecule has 88 valence electrons. The van der Waals surface area contributed by atoms with Crippen molar-refractivity contribution in [1.82, 2.24) is 14.8 Å². The van der Waals surface area contributed by atoms with E-state index in [0.29, 0.717) is 5.16 Å². The number of hydrogen-bond donors (Lipinski definition) is 1. The van der Waals surface area contributed by atoms with Gasteiger partial charge in [0, 0.05) is 11.9 Å². The van der Waals surface area contributed by atoms with E-state index in [0.717, 1.165) is 4.90 Å². The van der Waals surface area contributed by atoms with E-state index >= 15 is 0 Å². The Morgan fingerprint density at radius 1 is 1.53 bits per heavy atom. The number of aromatic carboxylic acids is 1. The van der Waals surface area contributed by atoms with Crippen LogP contribution in [-0.2, 0) is 7.05 Å². The highest BCUT2D eigenvalue weighted by Gasteiger charge is 2.10. The summed E-state index contributed by atoms with van der Waals surface area (Å²) in [7, 11) is 1.83. The van der Waals surface area contributed by atoms with E-state index in [1.165, 1.54) is 17.8 Å². The Bertz CT molecular complexity index is 570. The average Bonchev–Trinajstić information content (AvgIpc) is 2.64. The molecule has 0 unspecified atom stereocenters. The maximum Gasteiger partial charge on any atom is 0.337 e. The Morgan fingerprint density at radius 3 is 2.82 bits per heavy atom. The normalized spacial score (nSPS) is 10.5. The second-order valence-corrected chi connectivity index (χ2v) is 4.72. The molecule has 0 radical (unpaired) electrons. The van der Waals surface area contributed by atoms with Crippen LogP contribution in [0.2, 0.25) is 5.02 Å². The molecule has 0 saturated heterocycles. The fraction of sp³-hybridized carbons (Fsp3) is 0.100. The summed E-state index contributed by atoms with van der Waals surface area (Å²) >= 11 is 7.23. The molecule has 0 atom stereocenters. The molecular formula is C10H8ClN3O2S. The first-order chi connectivity index (χ1) is 8.08. The molecule has 0 amide bonds. The molecule has 0 fully saturated rings. The number of carboxylic acid groups (broad SMARTS) is 1. The molecule has 0 aliphatic carbocycles. The third-order valence-corrected chi connectivity index (χ3v) is 3.40. The zero-order valence-corrected chi connectivity index (χ0v) is 10.4. The second-order valence-electron chi connectivity index (χ2n) is 3.27. The van der Waals surface area contributed by atoms with E-state index in [1.807, 2.05) is 7.05 Å². The molecule has 0 bridgehead atoms. The van der Waals surface area contributed by atoms with Crippen molar-refractivity contribution in [3.63, 3.8) is 0 Å². The van der Waals surface area contributed by atoms with Crippen molar-refractivity contribution in [2.75, 3.05) is 0 Å². The van der Waals surface area contributed by atoms with Gasteiger partial charge in [-0.05, 0) is 30.0 Å². The summed E-state index contributed by atoms with van der Waals surface area (Å²) in [6.45, 7) is 0. The van der Waals surface area contributed by atoms with E-state index in [9.17, 15) is 4.79 Å². The van der Waals surface area contributed by atoms with Crippen LogP contribution in [0.5, 0.6) is 0 Å². The van der Waals surface area contributed by atoms with Crippen LogP contribution < -0.4 is 0 Å². The number of carboxylic acids is 1. The molecule has 0 spiro atoms. The molecule has 5 nitrogen and oxygen atoms in total. The highest BCUT2D eigenvalue weighted by Crippen LogP contribution is 2.29. The van der Waals surface area contributed by atoms with Gasteiger partial charge in [-0.1, -0.05) is 11.6 Å². The Morgan fingerprint density at radius 2 is 2.29 bits per heavy atom. The zero-order valence-electron chi connectivity index (χ0n) is 8.79. The van der Waals surface area contributed by atoms with Crippen LogP contribution in [-0.4, -0.2) is 25.8 Å². The number of benzene rings is 1. The number of halogens is 1. The van der Waals surface area contributed by atoms with E-state index in [1.54, 1.807) is 23.0 Å². The Labute approximate surface area is 106 Å². The molecule has 1 N–H and O–H groups in total. The van der Waals surface area contributed by atoms with Crippen molar-refractivity contribution >= 4 is 29.3 Å². The fourth-order valence-electron chi connectivity index (χ4n) is 1.20. The number of nitrogens with zero attached hydrogens (tertiary/aromatic N) is 3. The average molecular weight is 270 g/mol. The summed E-state index contributed by atoms with van der Waals surface area (Å²) < 4.78 is 1.77. The smallest absolute Gasteiger partial charge is 0.337 e. The molecule has 0 saturated carbocycles. The van der Waals surface area contributed by atoms with Crippen LogP contribution in [0.15, 0.2) is 34.6 Å². The monoisotopic (exact) mass is 269 g/mol. The minimum Gasteiger partial charge on any atom is -0.478 e. The van der Waals surface area contributed by atoms with Crippen molar-refractivity contribution in [2.24, 2.45) is 7.05 Å². The van der Waals surface area contributed by atoms with Crippen LogP contribution in [0.3, 0.4) is 0 Å². The molecular weight excluding hydrogens is 262 g/mol. The summed E-state index contributed by atoms with van der Waals surface area (Å²) in [4.78, 5) is 11.6. The van der Waals surface area contributed by atoms with Crippen molar-refractivity contribution in [3.8, 4) is 0 Å². The summed E-state index contributed by atoms with van der Waals surface area (Å²) in [6.07, 6.45) is 1.59. The first-order valence-electron chi connectivity index (χ1n) is 4.62. The Kier molecular flexibility index (Phi) is 3.35.